The maximum Gasteiger partial charge on any atom is 0.417 e. The predicted octanol–water partition coefficient (Wildman–Crippen LogP) is 6.71. The van der Waals surface area contributed by atoms with Crippen LogP contribution in [0.4, 0.5) is 13.2 Å². The molecule has 0 N–H and O–H groups in total. The minimum Gasteiger partial charge on any atom is -0.467 e. The highest BCUT2D eigenvalue weighted by atomic mass is 31.1. The van der Waals surface area contributed by atoms with Crippen molar-refractivity contribution in [1.82, 2.24) is 0 Å². The van der Waals surface area contributed by atoms with Crippen LogP contribution in [0.15, 0.2) is 36.4 Å². The first-order chi connectivity index (χ1) is 13.7. The molecule has 0 amide bonds. The fourth-order valence-corrected chi connectivity index (χ4v) is 5.59. The normalized spacial score (nSPS) is 14.3. The highest BCUT2D eigenvalue weighted by Crippen LogP contribution is 2.52. The summed E-state index contributed by atoms with van der Waals surface area (Å²) < 4.78 is 52.2. The van der Waals surface area contributed by atoms with E-state index in [1.807, 2.05) is 26.0 Å². The zero-order valence-corrected chi connectivity index (χ0v) is 18.7. The molecule has 0 heterocycles. The predicted molar refractivity (Wildman–Crippen MR) is 115 cm³/mol. The van der Waals surface area contributed by atoms with Gasteiger partial charge in [-0.2, -0.15) is 13.2 Å². The summed E-state index contributed by atoms with van der Waals surface area (Å²) >= 11 is 0. The van der Waals surface area contributed by atoms with Gasteiger partial charge in [-0.3, -0.25) is 0 Å². The molecular weight excluding hydrogens is 396 g/mol. The van der Waals surface area contributed by atoms with Gasteiger partial charge in [0.1, 0.15) is 5.75 Å². The van der Waals surface area contributed by atoms with Crippen LogP contribution in [0, 0.1) is 13.8 Å². The Morgan fingerprint density at radius 3 is 2.10 bits per heavy atom. The number of rotatable bonds is 9. The second-order valence-electron chi connectivity index (χ2n) is 7.41. The van der Waals surface area contributed by atoms with E-state index >= 15 is 0 Å². The van der Waals surface area contributed by atoms with Crippen LogP contribution in [-0.2, 0) is 16.1 Å². The number of hydrogen-bond donors (Lipinski definition) is 0. The van der Waals surface area contributed by atoms with Gasteiger partial charge in [-0.15, -0.1) is 0 Å². The second-order valence-corrected chi connectivity index (χ2v) is 9.15. The molecule has 0 fully saturated rings. The molecule has 2 atom stereocenters. The van der Waals surface area contributed by atoms with E-state index in [2.05, 4.69) is 13.0 Å². The van der Waals surface area contributed by atoms with Gasteiger partial charge in [0.25, 0.3) is 0 Å². The van der Waals surface area contributed by atoms with Crippen molar-refractivity contribution >= 4 is 13.9 Å². The van der Waals surface area contributed by atoms with Crippen molar-refractivity contribution in [1.29, 1.82) is 0 Å². The average Bonchev–Trinajstić information content (AvgIpc) is 2.67. The summed E-state index contributed by atoms with van der Waals surface area (Å²) in [6.07, 6.45) is -2.01. The number of ether oxygens (including phenoxy) is 2. The van der Waals surface area contributed by atoms with Crippen molar-refractivity contribution < 1.29 is 22.6 Å². The van der Waals surface area contributed by atoms with E-state index < -0.39 is 16.9 Å². The number of hydrogen-bond acceptors (Lipinski definition) is 2. The van der Waals surface area contributed by atoms with Gasteiger partial charge in [-0.1, -0.05) is 64.2 Å². The van der Waals surface area contributed by atoms with E-state index in [4.69, 9.17) is 9.47 Å². The molecule has 160 valence electrons. The van der Waals surface area contributed by atoms with Gasteiger partial charge in [0.15, 0.2) is 6.79 Å². The molecule has 2 aromatic carbocycles. The van der Waals surface area contributed by atoms with Gasteiger partial charge in [-0.05, 0) is 44.1 Å². The maximum atomic E-state index is 13.8. The van der Waals surface area contributed by atoms with Crippen molar-refractivity contribution in [2.24, 2.45) is 0 Å². The zero-order valence-electron chi connectivity index (χ0n) is 17.7. The minimum absolute atomic E-state index is 0.0241. The van der Waals surface area contributed by atoms with Gasteiger partial charge >= 0.3 is 6.18 Å². The summed E-state index contributed by atoms with van der Waals surface area (Å²) in [5, 5.41) is -0.0726. The fraction of sp³-hybridized carbons (Fsp3) is 0.478. The summed E-state index contributed by atoms with van der Waals surface area (Å²) in [6.45, 7) is 7.90. The third kappa shape index (κ3) is 5.73. The van der Waals surface area contributed by atoms with Crippen molar-refractivity contribution in [3.05, 3.63) is 58.7 Å². The lowest BCUT2D eigenvalue weighted by molar-refractivity contribution is -0.136. The van der Waals surface area contributed by atoms with E-state index in [0.29, 0.717) is 16.6 Å². The van der Waals surface area contributed by atoms with Crippen molar-refractivity contribution in [3.8, 4) is 5.75 Å². The van der Waals surface area contributed by atoms with Crippen LogP contribution in [0.3, 0.4) is 0 Å². The second kappa shape index (κ2) is 9.95. The summed E-state index contributed by atoms with van der Waals surface area (Å²) in [7, 11) is 1.53. The lowest BCUT2D eigenvalue weighted by Crippen LogP contribution is -2.27. The highest BCUT2D eigenvalue weighted by molar-refractivity contribution is 7.48. The Labute approximate surface area is 173 Å². The molecule has 2 rings (SSSR count). The molecule has 0 aliphatic rings. The average molecular weight is 426 g/mol. The highest BCUT2D eigenvalue weighted by Gasteiger charge is 2.38. The van der Waals surface area contributed by atoms with Crippen LogP contribution in [-0.4, -0.2) is 13.9 Å². The smallest absolute Gasteiger partial charge is 0.417 e. The van der Waals surface area contributed by atoms with E-state index in [0.717, 1.165) is 30.4 Å². The van der Waals surface area contributed by atoms with Crippen LogP contribution in [0.5, 0.6) is 5.75 Å². The van der Waals surface area contributed by atoms with Crippen LogP contribution in [0.25, 0.3) is 0 Å². The number of halogens is 3. The van der Waals surface area contributed by atoms with Crippen molar-refractivity contribution in [2.45, 2.75) is 58.3 Å². The van der Waals surface area contributed by atoms with E-state index in [-0.39, 0.29) is 15.4 Å². The molecule has 0 aromatic heterocycles. The molecule has 0 aliphatic heterocycles. The first kappa shape index (κ1) is 23.7. The zero-order chi connectivity index (χ0) is 21.7. The van der Waals surface area contributed by atoms with Gasteiger partial charge in [-0.25, -0.2) is 0 Å². The summed E-state index contributed by atoms with van der Waals surface area (Å²) in [5.74, 6) is 0.681. The molecule has 0 radical (unpaired) electrons. The Morgan fingerprint density at radius 1 is 0.931 bits per heavy atom. The van der Waals surface area contributed by atoms with Crippen LogP contribution in [0.2, 0.25) is 0 Å². The summed E-state index contributed by atoms with van der Waals surface area (Å²) in [4.78, 5) is 0. The Balaban J connectivity index is 2.63. The standard InChI is InChI=1S/C23H30F3O2P/c1-6-12-22(7-2,18-13-16(3)8-10-20(18)28-15-27-5)29-21-11-9-17(4)14-19(21)23(24,25)26/h8-11,13-14,29H,6-7,12,15H2,1-5H3. The molecule has 29 heavy (non-hydrogen) atoms. The van der Waals surface area contributed by atoms with Crippen LogP contribution >= 0.6 is 8.58 Å². The Hall–Kier alpha value is -1.58. The molecule has 0 spiro atoms. The largest absolute Gasteiger partial charge is 0.467 e. The van der Waals surface area contributed by atoms with Crippen molar-refractivity contribution in [3.63, 3.8) is 0 Å². The molecular formula is C23H30F3O2P. The molecule has 2 nitrogen and oxygen atoms in total. The maximum absolute atomic E-state index is 13.8. The third-order valence-electron chi connectivity index (χ3n) is 5.12. The molecule has 0 aliphatic carbocycles. The quantitative estimate of drug-likeness (QED) is 0.328. The first-order valence-corrected chi connectivity index (χ1v) is 10.9. The van der Waals surface area contributed by atoms with E-state index in [9.17, 15) is 13.2 Å². The lowest BCUT2D eigenvalue weighted by Gasteiger charge is -2.36. The Morgan fingerprint density at radius 2 is 1.55 bits per heavy atom. The molecule has 0 saturated heterocycles. The number of benzene rings is 2. The number of methoxy groups -OCH3 is 1. The SMILES string of the molecule is CCCC(CC)(Pc1ccc(C)cc1C(F)(F)F)c1cc(C)ccc1OCOC. The Bertz CT molecular complexity index is 820. The molecule has 2 unspecified atom stereocenters. The number of aryl methyl sites for hydroxylation is 2. The summed E-state index contributed by atoms with van der Waals surface area (Å²) in [6, 6.07) is 10.6. The van der Waals surface area contributed by atoms with Gasteiger partial charge < -0.3 is 9.47 Å². The van der Waals surface area contributed by atoms with Crippen molar-refractivity contribution in [2.75, 3.05) is 13.9 Å². The van der Waals surface area contributed by atoms with Crippen LogP contribution < -0.4 is 10.0 Å². The van der Waals surface area contributed by atoms with Gasteiger partial charge in [0.05, 0.1) is 5.56 Å². The molecule has 6 heteroatoms. The van der Waals surface area contributed by atoms with Gasteiger partial charge in [0.2, 0.25) is 0 Å². The Kier molecular flexibility index (Phi) is 8.13. The van der Waals surface area contributed by atoms with E-state index in [1.165, 1.54) is 6.07 Å². The fourth-order valence-electron chi connectivity index (χ4n) is 3.67. The summed E-state index contributed by atoms with van der Waals surface area (Å²) in [5.41, 5.74) is 2.11. The first-order valence-electron chi connectivity index (χ1n) is 9.85. The molecule has 0 bridgehead atoms. The monoisotopic (exact) mass is 426 g/mol. The lowest BCUT2D eigenvalue weighted by atomic mass is 9.89. The van der Waals surface area contributed by atoms with Crippen LogP contribution in [0.1, 0.15) is 55.4 Å². The molecule has 2 aromatic rings. The minimum atomic E-state index is -4.37. The topological polar surface area (TPSA) is 18.5 Å². The van der Waals surface area contributed by atoms with E-state index in [1.54, 1.807) is 26.2 Å². The third-order valence-corrected chi connectivity index (χ3v) is 7.17. The van der Waals surface area contributed by atoms with Gasteiger partial charge in [0, 0.05) is 17.8 Å². The number of alkyl halides is 3. The molecule has 0 saturated carbocycles.